The summed E-state index contributed by atoms with van der Waals surface area (Å²) in [7, 11) is 2.26. The molecule has 0 radical (unpaired) electrons. The van der Waals surface area contributed by atoms with Gasteiger partial charge in [0.25, 0.3) is 0 Å². The van der Waals surface area contributed by atoms with Gasteiger partial charge in [-0.1, -0.05) is 6.42 Å². The van der Waals surface area contributed by atoms with Crippen molar-refractivity contribution in [2.75, 3.05) is 72.6 Å². The van der Waals surface area contributed by atoms with Crippen LogP contribution in [0.1, 0.15) is 51.9 Å². The maximum Gasteiger partial charge on any atom is 0.194 e. The smallest absolute Gasteiger partial charge is 0.194 e. The first-order chi connectivity index (χ1) is 14.7. The monoisotopic (exact) mass is 421 g/mol. The van der Waals surface area contributed by atoms with E-state index in [1.165, 1.54) is 58.3 Å². The summed E-state index contributed by atoms with van der Waals surface area (Å²) in [6, 6.07) is 0. The molecule has 30 heavy (non-hydrogen) atoms. The van der Waals surface area contributed by atoms with Crippen molar-refractivity contribution in [2.45, 2.75) is 69.6 Å². The van der Waals surface area contributed by atoms with E-state index in [1.807, 2.05) is 0 Å². The fourth-order valence-corrected chi connectivity index (χ4v) is 5.61. The predicted octanol–water partition coefficient (Wildman–Crippen LogP) is 1.78. The standard InChI is InChI=1S/C23H43N5O2/c1-3-24-22(27-15-17-30-21(18-27)20-8-7-16-29-20)25-19-23(9-13-26(2)14-10-23)28-11-5-4-6-12-28/h20-21H,3-19H2,1-2H3,(H,24,25). The third-order valence-corrected chi connectivity index (χ3v) is 7.58. The minimum Gasteiger partial charge on any atom is -0.375 e. The van der Waals surface area contributed by atoms with Crippen LogP contribution in [0.4, 0.5) is 0 Å². The van der Waals surface area contributed by atoms with Crippen LogP contribution < -0.4 is 5.32 Å². The average molecular weight is 422 g/mol. The van der Waals surface area contributed by atoms with E-state index in [-0.39, 0.29) is 17.7 Å². The zero-order chi connectivity index (χ0) is 20.8. The summed E-state index contributed by atoms with van der Waals surface area (Å²) in [6.07, 6.45) is 9.23. The van der Waals surface area contributed by atoms with Gasteiger partial charge in [-0.3, -0.25) is 9.89 Å². The Balaban J connectivity index is 1.46. The van der Waals surface area contributed by atoms with Gasteiger partial charge in [0.15, 0.2) is 5.96 Å². The number of nitrogens with zero attached hydrogens (tertiary/aromatic N) is 4. The fraction of sp³-hybridized carbons (Fsp3) is 0.957. The minimum absolute atomic E-state index is 0.171. The molecule has 0 aromatic heterocycles. The molecule has 2 unspecified atom stereocenters. The van der Waals surface area contributed by atoms with Crippen molar-refractivity contribution in [3.05, 3.63) is 0 Å². The van der Waals surface area contributed by atoms with Gasteiger partial charge < -0.3 is 24.6 Å². The lowest BCUT2D eigenvalue weighted by Gasteiger charge is -2.49. The normalized spacial score (nSPS) is 31.8. The highest BCUT2D eigenvalue weighted by atomic mass is 16.5. The van der Waals surface area contributed by atoms with Gasteiger partial charge in [0.05, 0.1) is 19.3 Å². The Kier molecular flexibility index (Phi) is 7.90. The first kappa shape index (κ1) is 22.3. The van der Waals surface area contributed by atoms with E-state index in [4.69, 9.17) is 14.5 Å². The van der Waals surface area contributed by atoms with Crippen molar-refractivity contribution in [2.24, 2.45) is 4.99 Å². The minimum atomic E-state index is 0.171. The van der Waals surface area contributed by atoms with Crippen LogP contribution in [0.15, 0.2) is 4.99 Å². The number of piperidine rings is 2. The molecule has 0 aliphatic carbocycles. The van der Waals surface area contributed by atoms with Crippen molar-refractivity contribution < 1.29 is 9.47 Å². The van der Waals surface area contributed by atoms with Crippen molar-refractivity contribution >= 4 is 5.96 Å². The van der Waals surface area contributed by atoms with Crippen LogP contribution in [-0.2, 0) is 9.47 Å². The maximum atomic E-state index is 6.08. The number of rotatable bonds is 5. The third kappa shape index (κ3) is 5.29. The molecule has 4 heterocycles. The Morgan fingerprint density at radius 1 is 0.967 bits per heavy atom. The number of nitrogens with one attached hydrogen (secondary N) is 1. The van der Waals surface area contributed by atoms with E-state index in [1.54, 1.807) is 0 Å². The van der Waals surface area contributed by atoms with Gasteiger partial charge in [-0.05, 0) is 78.7 Å². The summed E-state index contributed by atoms with van der Waals surface area (Å²) in [4.78, 5) is 12.9. The van der Waals surface area contributed by atoms with E-state index in [0.717, 1.165) is 58.2 Å². The molecule has 0 aromatic carbocycles. The number of likely N-dealkylation sites (tertiary alicyclic amines) is 2. The Hall–Kier alpha value is -0.890. The Labute approximate surface area is 183 Å². The first-order valence-corrected chi connectivity index (χ1v) is 12.4. The Bertz CT molecular complexity index is 552. The number of hydrogen-bond acceptors (Lipinski definition) is 5. The van der Waals surface area contributed by atoms with Crippen LogP contribution >= 0.6 is 0 Å². The second kappa shape index (κ2) is 10.6. The highest BCUT2D eigenvalue weighted by Crippen LogP contribution is 2.32. The van der Waals surface area contributed by atoms with E-state index < -0.39 is 0 Å². The number of ether oxygens (including phenoxy) is 2. The Morgan fingerprint density at radius 3 is 2.43 bits per heavy atom. The molecule has 2 atom stereocenters. The third-order valence-electron chi connectivity index (χ3n) is 7.58. The average Bonchev–Trinajstić information content (AvgIpc) is 3.34. The Morgan fingerprint density at radius 2 is 1.73 bits per heavy atom. The van der Waals surface area contributed by atoms with E-state index in [9.17, 15) is 0 Å². The maximum absolute atomic E-state index is 6.08. The summed E-state index contributed by atoms with van der Waals surface area (Å²) < 4.78 is 12.0. The number of guanidine groups is 1. The van der Waals surface area contributed by atoms with Crippen LogP contribution in [0.3, 0.4) is 0 Å². The molecule has 0 spiro atoms. The molecule has 0 saturated carbocycles. The van der Waals surface area contributed by atoms with E-state index >= 15 is 0 Å². The van der Waals surface area contributed by atoms with Crippen molar-refractivity contribution in [3.63, 3.8) is 0 Å². The summed E-state index contributed by atoms with van der Waals surface area (Å²) in [5, 5.41) is 3.58. The van der Waals surface area contributed by atoms with Gasteiger partial charge in [0.1, 0.15) is 6.10 Å². The van der Waals surface area contributed by atoms with Gasteiger partial charge in [-0.2, -0.15) is 0 Å². The molecule has 0 amide bonds. The highest BCUT2D eigenvalue weighted by Gasteiger charge is 2.40. The molecule has 4 rings (SSSR count). The highest BCUT2D eigenvalue weighted by molar-refractivity contribution is 5.80. The van der Waals surface area contributed by atoms with Crippen LogP contribution in [0.25, 0.3) is 0 Å². The molecule has 4 fully saturated rings. The molecule has 4 aliphatic heterocycles. The topological polar surface area (TPSA) is 52.6 Å². The first-order valence-electron chi connectivity index (χ1n) is 12.4. The van der Waals surface area contributed by atoms with Gasteiger partial charge in [-0.15, -0.1) is 0 Å². The molecule has 172 valence electrons. The van der Waals surface area contributed by atoms with Crippen LogP contribution in [-0.4, -0.2) is 111 Å². The van der Waals surface area contributed by atoms with Crippen molar-refractivity contribution in [3.8, 4) is 0 Å². The fourth-order valence-electron chi connectivity index (χ4n) is 5.61. The quantitative estimate of drug-likeness (QED) is 0.540. The summed E-state index contributed by atoms with van der Waals surface area (Å²) in [5.41, 5.74) is 0.230. The van der Waals surface area contributed by atoms with E-state index in [2.05, 4.69) is 34.0 Å². The largest absolute Gasteiger partial charge is 0.375 e. The molecule has 4 saturated heterocycles. The second-order valence-corrected chi connectivity index (χ2v) is 9.65. The summed E-state index contributed by atoms with van der Waals surface area (Å²) in [5.74, 6) is 1.07. The molecular weight excluding hydrogens is 378 g/mol. The number of aliphatic imine (C=N–C) groups is 1. The number of morpholine rings is 1. The molecule has 7 nitrogen and oxygen atoms in total. The predicted molar refractivity (Wildman–Crippen MR) is 121 cm³/mol. The molecule has 1 N–H and O–H groups in total. The molecule has 7 heteroatoms. The van der Waals surface area contributed by atoms with Gasteiger partial charge >= 0.3 is 0 Å². The van der Waals surface area contributed by atoms with Gasteiger partial charge in [0.2, 0.25) is 0 Å². The molecule has 0 aromatic rings. The lowest BCUT2D eigenvalue weighted by atomic mass is 9.84. The molecule has 0 bridgehead atoms. The zero-order valence-electron chi connectivity index (χ0n) is 19.3. The van der Waals surface area contributed by atoms with Crippen molar-refractivity contribution in [1.29, 1.82) is 0 Å². The van der Waals surface area contributed by atoms with Crippen LogP contribution in [0.5, 0.6) is 0 Å². The number of hydrogen-bond donors (Lipinski definition) is 1. The van der Waals surface area contributed by atoms with Gasteiger partial charge in [-0.25, -0.2) is 0 Å². The lowest BCUT2D eigenvalue weighted by Crippen LogP contribution is -2.59. The van der Waals surface area contributed by atoms with Gasteiger partial charge in [0, 0.05) is 31.8 Å². The van der Waals surface area contributed by atoms with E-state index in [0.29, 0.717) is 0 Å². The van der Waals surface area contributed by atoms with Crippen molar-refractivity contribution in [1.82, 2.24) is 20.0 Å². The molecule has 4 aliphatic rings. The SMILES string of the molecule is CCNC(=NCC1(N2CCCCC2)CCN(C)CC1)N1CCOC(C2CCCO2)C1. The molecular formula is C23H43N5O2. The lowest BCUT2D eigenvalue weighted by molar-refractivity contribution is -0.0817. The zero-order valence-corrected chi connectivity index (χ0v) is 19.3. The summed E-state index contributed by atoms with van der Waals surface area (Å²) >= 11 is 0. The second-order valence-electron chi connectivity index (χ2n) is 9.65. The van der Waals surface area contributed by atoms with Crippen LogP contribution in [0.2, 0.25) is 0 Å². The summed E-state index contributed by atoms with van der Waals surface area (Å²) in [6.45, 7) is 12.3. The van der Waals surface area contributed by atoms with Crippen LogP contribution in [0, 0.1) is 0 Å².